The third-order valence-electron chi connectivity index (χ3n) is 6.30. The van der Waals surface area contributed by atoms with E-state index in [1.54, 1.807) is 31.2 Å². The molecule has 4 rings (SSSR count). The summed E-state index contributed by atoms with van der Waals surface area (Å²) in [5.74, 6) is -1.64. The maximum absolute atomic E-state index is 15.0. The molecule has 0 radical (unpaired) electrons. The number of nitrogens with zero attached hydrogens (tertiary/aromatic N) is 1. The topological polar surface area (TPSA) is 108 Å². The van der Waals surface area contributed by atoms with E-state index < -0.39 is 30.3 Å². The van der Waals surface area contributed by atoms with Gasteiger partial charge in [-0.15, -0.1) is 0 Å². The molecule has 0 unspecified atom stereocenters. The number of aryl methyl sites for hydroxylation is 1. The summed E-state index contributed by atoms with van der Waals surface area (Å²) in [4.78, 5) is 37.7. The van der Waals surface area contributed by atoms with E-state index in [-0.39, 0.29) is 29.2 Å². The number of hydrogen-bond donors (Lipinski definition) is 3. The van der Waals surface area contributed by atoms with Gasteiger partial charge in [0.05, 0.1) is 17.3 Å². The van der Waals surface area contributed by atoms with Gasteiger partial charge in [0.2, 0.25) is 0 Å². The van der Waals surface area contributed by atoms with Crippen LogP contribution in [0.1, 0.15) is 34.3 Å². The Morgan fingerprint density at radius 2 is 1.76 bits per heavy atom. The van der Waals surface area contributed by atoms with Gasteiger partial charge in [0.1, 0.15) is 11.6 Å². The molecule has 0 saturated carbocycles. The van der Waals surface area contributed by atoms with E-state index in [9.17, 15) is 23.2 Å². The lowest BCUT2D eigenvalue weighted by molar-refractivity contribution is -0.133. The number of carboxylic acid groups (broad SMARTS) is 1. The number of Topliss-reactive ketones (excluding diaryl/α,β-unsaturated/α-hetero) is 1. The number of halogens is 2. The number of hydrogen-bond acceptors (Lipinski definition) is 5. The number of carbonyl (C=O) groups is 3. The smallest absolute Gasteiger partial charge is 0.335 e. The number of amides is 2. The first-order chi connectivity index (χ1) is 18.2. The van der Waals surface area contributed by atoms with Crippen molar-refractivity contribution in [2.45, 2.75) is 38.7 Å². The molecule has 1 aliphatic heterocycles. The van der Waals surface area contributed by atoms with Crippen LogP contribution in [0, 0.1) is 12.7 Å². The van der Waals surface area contributed by atoms with Crippen LogP contribution in [0.15, 0.2) is 66.7 Å². The number of nitrogens with one attached hydrogen (secondary N) is 2. The highest BCUT2D eigenvalue weighted by Crippen LogP contribution is 2.26. The summed E-state index contributed by atoms with van der Waals surface area (Å²) in [6.07, 6.45) is 1.20. The first kappa shape index (κ1) is 26.7. The number of urea groups is 1. The van der Waals surface area contributed by atoms with Gasteiger partial charge in [0, 0.05) is 18.7 Å². The Balaban J connectivity index is 1.35. The number of benzene rings is 3. The minimum absolute atomic E-state index is 0.0541. The van der Waals surface area contributed by atoms with Crippen LogP contribution in [0.5, 0.6) is 5.75 Å². The lowest BCUT2D eigenvalue weighted by Gasteiger charge is -2.27. The molecule has 0 bridgehead atoms. The Labute approximate surface area is 218 Å². The zero-order valence-electron chi connectivity index (χ0n) is 20.6. The fourth-order valence-electron chi connectivity index (χ4n) is 4.37. The molecule has 1 aliphatic rings. The zero-order valence-corrected chi connectivity index (χ0v) is 20.6. The number of alkyl halides is 1. The maximum Gasteiger partial charge on any atom is 0.335 e. The van der Waals surface area contributed by atoms with Gasteiger partial charge in [-0.1, -0.05) is 24.3 Å². The van der Waals surface area contributed by atoms with Crippen LogP contribution >= 0.6 is 0 Å². The molecule has 8 nitrogen and oxygen atoms in total. The van der Waals surface area contributed by atoms with Gasteiger partial charge >= 0.3 is 12.0 Å². The van der Waals surface area contributed by atoms with Crippen molar-refractivity contribution < 1.29 is 33.0 Å². The summed E-state index contributed by atoms with van der Waals surface area (Å²) in [5.41, 5.74) is 2.03. The van der Waals surface area contributed by atoms with Crippen LogP contribution in [-0.4, -0.2) is 46.9 Å². The lowest BCUT2D eigenvalue weighted by atomic mass is 10.00. The average molecular weight is 524 g/mol. The third-order valence-corrected chi connectivity index (χ3v) is 6.30. The van der Waals surface area contributed by atoms with E-state index in [1.807, 2.05) is 0 Å². The first-order valence-corrected chi connectivity index (χ1v) is 12.1. The molecule has 3 aromatic carbocycles. The van der Waals surface area contributed by atoms with Crippen molar-refractivity contribution in [2.75, 3.05) is 17.2 Å². The summed E-state index contributed by atoms with van der Waals surface area (Å²) in [7, 11) is 0. The summed E-state index contributed by atoms with van der Waals surface area (Å²) in [5, 5.41) is 14.1. The molecule has 0 aliphatic carbocycles. The molecular weight excluding hydrogens is 496 g/mol. The van der Waals surface area contributed by atoms with Crippen molar-refractivity contribution in [1.29, 1.82) is 0 Å². The van der Waals surface area contributed by atoms with Gasteiger partial charge in [0.15, 0.2) is 5.78 Å². The number of ether oxygens (including phenoxy) is 1. The van der Waals surface area contributed by atoms with Crippen molar-refractivity contribution in [3.8, 4) is 5.75 Å². The van der Waals surface area contributed by atoms with E-state index in [4.69, 9.17) is 9.84 Å². The number of rotatable bonds is 9. The van der Waals surface area contributed by atoms with Crippen LogP contribution < -0.4 is 15.4 Å². The number of ketones is 1. The SMILES string of the molecule is Cc1cc(CC(=O)[C@@H]2CCCN2[C@H](F)Oc2ccc(C(=O)O)cc2)ccc1NC(=O)Nc1ccccc1F. The van der Waals surface area contributed by atoms with Gasteiger partial charge in [-0.3, -0.25) is 4.79 Å². The minimum atomic E-state index is -1.86. The first-order valence-electron chi connectivity index (χ1n) is 12.1. The van der Waals surface area contributed by atoms with Crippen molar-refractivity contribution in [3.05, 3.63) is 89.2 Å². The Hall–Kier alpha value is -4.31. The predicted octanol–water partition coefficient (Wildman–Crippen LogP) is 5.38. The van der Waals surface area contributed by atoms with Crippen LogP contribution in [0.3, 0.4) is 0 Å². The van der Waals surface area contributed by atoms with E-state index in [0.717, 1.165) is 0 Å². The molecular formula is C28H27F2N3O5. The number of carbonyl (C=O) groups excluding carboxylic acids is 2. The molecule has 198 valence electrons. The number of likely N-dealkylation sites (tertiary alicyclic amines) is 1. The fraction of sp³-hybridized carbons (Fsp3) is 0.250. The van der Waals surface area contributed by atoms with Crippen LogP contribution in [0.25, 0.3) is 0 Å². The molecule has 38 heavy (non-hydrogen) atoms. The molecule has 3 N–H and O–H groups in total. The lowest BCUT2D eigenvalue weighted by Crippen LogP contribution is -2.44. The summed E-state index contributed by atoms with van der Waals surface area (Å²) < 4.78 is 34.1. The Bertz CT molecular complexity index is 1330. The molecule has 2 atom stereocenters. The highest BCUT2D eigenvalue weighted by molar-refractivity contribution is 6.00. The second-order valence-electron chi connectivity index (χ2n) is 8.99. The van der Waals surface area contributed by atoms with E-state index >= 15 is 0 Å². The fourth-order valence-corrected chi connectivity index (χ4v) is 4.37. The number of aromatic carboxylic acids is 1. The molecule has 3 aromatic rings. The van der Waals surface area contributed by atoms with Gasteiger partial charge in [-0.25, -0.2) is 18.9 Å². The highest BCUT2D eigenvalue weighted by atomic mass is 19.2. The van der Waals surface area contributed by atoms with Crippen molar-refractivity contribution in [3.63, 3.8) is 0 Å². The normalized spacial score (nSPS) is 16.0. The molecule has 0 spiro atoms. The van der Waals surface area contributed by atoms with E-state index in [0.29, 0.717) is 36.2 Å². The molecule has 0 aromatic heterocycles. The average Bonchev–Trinajstić information content (AvgIpc) is 3.38. The Morgan fingerprint density at radius 3 is 2.45 bits per heavy atom. The predicted molar refractivity (Wildman–Crippen MR) is 138 cm³/mol. The summed E-state index contributed by atoms with van der Waals surface area (Å²) in [6.45, 7) is 0.266. The van der Waals surface area contributed by atoms with Gasteiger partial charge in [-0.05, 0) is 73.4 Å². The highest BCUT2D eigenvalue weighted by Gasteiger charge is 2.36. The quantitative estimate of drug-likeness (QED) is 0.325. The Morgan fingerprint density at radius 1 is 1.05 bits per heavy atom. The number of para-hydroxylation sites is 1. The molecule has 1 saturated heterocycles. The molecule has 1 fully saturated rings. The largest absolute Gasteiger partial charge is 0.478 e. The van der Waals surface area contributed by atoms with Gasteiger partial charge in [0.25, 0.3) is 6.48 Å². The standard InChI is InChI=1S/C28H27F2N3O5/c1-17-15-18(8-13-22(17)31-28(37)32-23-6-3-2-5-21(23)29)16-25(34)24-7-4-14-33(24)27(30)38-20-11-9-19(10-12-20)26(35)36/h2-3,5-6,8-13,15,24,27H,4,7,14,16H2,1H3,(H,35,36)(H2,31,32,37)/t24-,27-/m0/s1. The minimum Gasteiger partial charge on any atom is -0.478 e. The summed E-state index contributed by atoms with van der Waals surface area (Å²) >= 11 is 0. The number of carboxylic acids is 1. The van der Waals surface area contributed by atoms with Crippen LogP contribution in [-0.2, 0) is 11.2 Å². The van der Waals surface area contributed by atoms with Crippen molar-refractivity contribution in [1.82, 2.24) is 4.90 Å². The second-order valence-corrected chi connectivity index (χ2v) is 8.99. The van der Waals surface area contributed by atoms with Gasteiger partial charge in [-0.2, -0.15) is 4.39 Å². The van der Waals surface area contributed by atoms with Crippen molar-refractivity contribution in [2.24, 2.45) is 0 Å². The molecule has 2 amide bonds. The molecule has 10 heteroatoms. The Kier molecular flexibility index (Phi) is 8.32. The number of anilines is 2. The van der Waals surface area contributed by atoms with E-state index in [1.165, 1.54) is 47.4 Å². The zero-order chi connectivity index (χ0) is 27.2. The monoisotopic (exact) mass is 523 g/mol. The maximum atomic E-state index is 15.0. The van der Waals surface area contributed by atoms with Crippen LogP contribution in [0.2, 0.25) is 0 Å². The van der Waals surface area contributed by atoms with Crippen molar-refractivity contribution >= 4 is 29.2 Å². The van der Waals surface area contributed by atoms with E-state index in [2.05, 4.69) is 10.6 Å². The summed E-state index contributed by atoms with van der Waals surface area (Å²) in [6, 6.07) is 15.1. The molecule has 1 heterocycles. The second kappa shape index (κ2) is 11.8. The van der Waals surface area contributed by atoms with Crippen LogP contribution in [0.4, 0.5) is 25.0 Å². The third kappa shape index (κ3) is 6.51. The van der Waals surface area contributed by atoms with Gasteiger partial charge < -0.3 is 20.5 Å².